The quantitative estimate of drug-likeness (QED) is 0.804. The fourth-order valence-corrected chi connectivity index (χ4v) is 4.86. The lowest BCUT2D eigenvalue weighted by Gasteiger charge is -2.24. The highest BCUT2D eigenvalue weighted by molar-refractivity contribution is 7.91. The third kappa shape index (κ3) is 3.53. The molecule has 4 rings (SSSR count). The van der Waals surface area contributed by atoms with Crippen molar-refractivity contribution in [2.45, 2.75) is 34.4 Å². The Kier molecular flexibility index (Phi) is 5.18. The highest BCUT2D eigenvalue weighted by Crippen LogP contribution is 2.43. The van der Waals surface area contributed by atoms with Gasteiger partial charge in [-0.2, -0.15) is 13.2 Å². The minimum Gasteiger partial charge on any atom is -0.488 e. The van der Waals surface area contributed by atoms with Gasteiger partial charge in [-0.3, -0.25) is 0 Å². The molecule has 0 amide bonds. The van der Waals surface area contributed by atoms with Gasteiger partial charge in [-0.25, -0.2) is 8.42 Å². The van der Waals surface area contributed by atoms with Gasteiger partial charge in [0.1, 0.15) is 11.9 Å². The molecule has 1 saturated heterocycles. The van der Waals surface area contributed by atoms with Gasteiger partial charge in [0, 0.05) is 18.0 Å². The maximum atomic E-state index is 12.9. The maximum Gasteiger partial charge on any atom is 0.416 e. The van der Waals surface area contributed by atoms with Gasteiger partial charge in [0.2, 0.25) is 9.84 Å². The predicted octanol–water partition coefficient (Wildman–Crippen LogP) is 3.80. The second-order valence-electron chi connectivity index (χ2n) is 6.48. The van der Waals surface area contributed by atoms with Crippen LogP contribution in [-0.2, 0) is 16.0 Å². The fourth-order valence-electron chi connectivity index (χ4n) is 3.54. The Morgan fingerprint density at radius 2 is 1.81 bits per heavy atom. The number of alkyl halides is 3. The first-order chi connectivity index (χ1) is 12.3. The van der Waals surface area contributed by atoms with E-state index in [-0.39, 0.29) is 34.2 Å². The first-order valence-corrected chi connectivity index (χ1v) is 9.69. The number of benzene rings is 2. The Balaban J connectivity index is 0.00000210. The normalized spacial score (nSPS) is 21.6. The van der Waals surface area contributed by atoms with Crippen molar-refractivity contribution < 1.29 is 26.3 Å². The van der Waals surface area contributed by atoms with Crippen LogP contribution in [0.5, 0.6) is 5.75 Å². The number of ether oxygens (including phenoxy) is 1. The summed E-state index contributed by atoms with van der Waals surface area (Å²) in [6.07, 6.45) is -3.74. The molecule has 0 spiro atoms. The molecule has 0 unspecified atom stereocenters. The number of nitrogens with one attached hydrogen (secondary N) is 1. The largest absolute Gasteiger partial charge is 0.488 e. The summed E-state index contributed by atoms with van der Waals surface area (Å²) < 4.78 is 70.1. The van der Waals surface area contributed by atoms with E-state index in [0.29, 0.717) is 18.4 Å². The van der Waals surface area contributed by atoms with Crippen LogP contribution in [0, 0.1) is 0 Å². The molecule has 27 heavy (non-hydrogen) atoms. The van der Waals surface area contributed by atoms with E-state index in [0.717, 1.165) is 30.7 Å². The first kappa shape index (κ1) is 20.0. The van der Waals surface area contributed by atoms with Crippen molar-refractivity contribution in [1.82, 2.24) is 5.32 Å². The number of piperidine rings is 1. The highest BCUT2D eigenvalue weighted by atomic mass is 35.5. The minimum atomic E-state index is -4.60. The number of hydrogen-bond acceptors (Lipinski definition) is 4. The van der Waals surface area contributed by atoms with E-state index in [1.807, 2.05) is 0 Å². The smallest absolute Gasteiger partial charge is 0.416 e. The molecule has 0 aromatic heterocycles. The molecule has 0 aliphatic carbocycles. The molecule has 0 bridgehead atoms. The third-order valence-electron chi connectivity index (χ3n) is 4.87. The summed E-state index contributed by atoms with van der Waals surface area (Å²) in [6, 6.07) is 8.36. The molecular weight excluding hydrogens is 403 g/mol. The Hall–Kier alpha value is -1.77. The van der Waals surface area contributed by atoms with E-state index in [4.69, 9.17) is 4.74 Å². The number of sulfone groups is 1. The lowest BCUT2D eigenvalue weighted by atomic mass is 9.90. The van der Waals surface area contributed by atoms with E-state index >= 15 is 0 Å². The van der Waals surface area contributed by atoms with Crippen LogP contribution in [0.4, 0.5) is 13.2 Å². The Morgan fingerprint density at radius 3 is 2.56 bits per heavy atom. The molecule has 2 aromatic carbocycles. The SMILES string of the molecule is Cl.O=S(=O)(c1cccc(C(F)(F)F)c1)c1ccc2c(c1)O[C@H]1CNCC[C@@H]21. The van der Waals surface area contributed by atoms with Crippen molar-refractivity contribution in [3.05, 3.63) is 53.6 Å². The average Bonchev–Trinajstić information content (AvgIpc) is 2.99. The second kappa shape index (κ2) is 7.00. The van der Waals surface area contributed by atoms with Gasteiger partial charge in [0.15, 0.2) is 0 Å². The zero-order valence-corrected chi connectivity index (χ0v) is 15.6. The van der Waals surface area contributed by atoms with Gasteiger partial charge in [-0.1, -0.05) is 12.1 Å². The predicted molar refractivity (Wildman–Crippen MR) is 95.2 cm³/mol. The molecule has 1 N–H and O–H groups in total. The summed E-state index contributed by atoms with van der Waals surface area (Å²) in [6.45, 7) is 1.56. The fraction of sp³-hybridized carbons (Fsp3) is 0.333. The van der Waals surface area contributed by atoms with Gasteiger partial charge in [0.25, 0.3) is 0 Å². The van der Waals surface area contributed by atoms with E-state index in [2.05, 4.69) is 5.32 Å². The summed E-state index contributed by atoms with van der Waals surface area (Å²) in [5.74, 6) is 0.716. The topological polar surface area (TPSA) is 55.4 Å². The molecule has 2 aromatic rings. The molecule has 4 nitrogen and oxygen atoms in total. The van der Waals surface area contributed by atoms with E-state index in [9.17, 15) is 21.6 Å². The molecule has 0 radical (unpaired) electrons. The number of hydrogen-bond donors (Lipinski definition) is 1. The lowest BCUT2D eigenvalue weighted by molar-refractivity contribution is -0.137. The number of rotatable bonds is 2. The molecule has 1 fully saturated rings. The van der Waals surface area contributed by atoms with Crippen LogP contribution in [0.2, 0.25) is 0 Å². The van der Waals surface area contributed by atoms with Gasteiger partial charge >= 0.3 is 6.18 Å². The number of halogens is 4. The van der Waals surface area contributed by atoms with E-state index in [1.165, 1.54) is 18.2 Å². The van der Waals surface area contributed by atoms with Crippen LogP contribution >= 0.6 is 12.4 Å². The van der Waals surface area contributed by atoms with Crippen LogP contribution in [-0.4, -0.2) is 27.6 Å². The number of fused-ring (bicyclic) bond motifs is 3. The summed E-state index contributed by atoms with van der Waals surface area (Å²) in [5, 5.41) is 3.23. The zero-order valence-electron chi connectivity index (χ0n) is 14.0. The summed E-state index contributed by atoms with van der Waals surface area (Å²) in [4.78, 5) is -0.452. The third-order valence-corrected chi connectivity index (χ3v) is 6.62. The van der Waals surface area contributed by atoms with Gasteiger partial charge < -0.3 is 10.1 Å². The van der Waals surface area contributed by atoms with Crippen molar-refractivity contribution in [2.75, 3.05) is 13.1 Å². The Morgan fingerprint density at radius 1 is 1.07 bits per heavy atom. The molecule has 9 heteroatoms. The van der Waals surface area contributed by atoms with Crippen LogP contribution in [0.25, 0.3) is 0 Å². The molecular formula is C18H17ClF3NO3S. The average molecular weight is 420 g/mol. The molecule has 2 aliphatic rings. The van der Waals surface area contributed by atoms with Crippen LogP contribution in [0.1, 0.15) is 23.5 Å². The molecule has 0 saturated carbocycles. The summed E-state index contributed by atoms with van der Waals surface area (Å²) in [5.41, 5.74) is -0.0347. The molecule has 2 atom stereocenters. The Bertz CT molecular complexity index is 963. The Labute approximate surface area is 161 Å². The van der Waals surface area contributed by atoms with Crippen molar-refractivity contribution in [1.29, 1.82) is 0 Å². The van der Waals surface area contributed by atoms with Crippen LogP contribution < -0.4 is 10.1 Å². The van der Waals surface area contributed by atoms with Crippen LogP contribution in [0.3, 0.4) is 0 Å². The van der Waals surface area contributed by atoms with Crippen molar-refractivity contribution >= 4 is 22.2 Å². The minimum absolute atomic E-state index is 0. The zero-order chi connectivity index (χ0) is 18.5. The van der Waals surface area contributed by atoms with Crippen LogP contribution in [0.15, 0.2) is 52.3 Å². The first-order valence-electron chi connectivity index (χ1n) is 8.20. The van der Waals surface area contributed by atoms with E-state index < -0.39 is 21.6 Å². The standard InChI is InChI=1S/C18H16F3NO3S.ClH/c19-18(20,21)11-2-1-3-12(8-11)26(23,24)13-4-5-14-15-6-7-22-10-17(15)25-16(14)9-13;/h1-5,8-9,15,17,22H,6-7,10H2;1H/t15-,17-;/m0./s1. The molecule has 146 valence electrons. The van der Waals surface area contributed by atoms with Crippen molar-refractivity contribution in [3.63, 3.8) is 0 Å². The van der Waals surface area contributed by atoms with Crippen molar-refractivity contribution in [2.24, 2.45) is 0 Å². The monoisotopic (exact) mass is 419 g/mol. The second-order valence-corrected chi connectivity index (χ2v) is 8.43. The van der Waals surface area contributed by atoms with Crippen molar-refractivity contribution in [3.8, 4) is 5.75 Å². The summed E-state index contributed by atoms with van der Waals surface area (Å²) >= 11 is 0. The van der Waals surface area contributed by atoms with Gasteiger partial charge in [-0.05, 0) is 43.3 Å². The lowest BCUT2D eigenvalue weighted by Crippen LogP contribution is -2.39. The van der Waals surface area contributed by atoms with Gasteiger partial charge in [-0.15, -0.1) is 12.4 Å². The maximum absolute atomic E-state index is 12.9. The molecule has 2 heterocycles. The van der Waals surface area contributed by atoms with E-state index in [1.54, 1.807) is 6.07 Å². The van der Waals surface area contributed by atoms with Gasteiger partial charge in [0.05, 0.1) is 15.4 Å². The highest BCUT2D eigenvalue weighted by Gasteiger charge is 2.37. The molecule has 2 aliphatic heterocycles. The summed E-state index contributed by atoms with van der Waals surface area (Å²) in [7, 11) is -4.07.